The van der Waals surface area contributed by atoms with Gasteiger partial charge in [0.2, 0.25) is 0 Å². The van der Waals surface area contributed by atoms with E-state index in [1.54, 1.807) is 0 Å². The summed E-state index contributed by atoms with van der Waals surface area (Å²) in [5.41, 5.74) is 1.32. The summed E-state index contributed by atoms with van der Waals surface area (Å²) < 4.78 is 0. The predicted octanol–water partition coefficient (Wildman–Crippen LogP) is 0.756. The molecule has 1 heteroatoms. The molecule has 0 aromatic heterocycles. The predicted molar refractivity (Wildman–Crippen MR) is 49.9 cm³/mol. The first-order valence-electron chi connectivity index (χ1n) is 3.91. The minimum absolute atomic E-state index is 1.32. The molecule has 0 aliphatic rings. The van der Waals surface area contributed by atoms with Gasteiger partial charge >= 0.3 is 0 Å². The average Bonchev–Trinajstić information content (AvgIpc) is 1.87. The SMILES string of the molecule is C[NH+](C)C.Cc1ccccc1. The van der Waals surface area contributed by atoms with E-state index >= 15 is 0 Å². The van der Waals surface area contributed by atoms with Gasteiger partial charge in [-0.25, -0.2) is 0 Å². The molecule has 0 amide bonds. The summed E-state index contributed by atoms with van der Waals surface area (Å²) in [6, 6.07) is 10.3. The summed E-state index contributed by atoms with van der Waals surface area (Å²) in [7, 11) is 6.25. The van der Waals surface area contributed by atoms with Crippen molar-refractivity contribution in [2.75, 3.05) is 21.1 Å². The van der Waals surface area contributed by atoms with Crippen LogP contribution in [0, 0.1) is 6.92 Å². The summed E-state index contributed by atoms with van der Waals surface area (Å²) in [6.45, 7) is 2.08. The zero-order valence-corrected chi connectivity index (χ0v) is 7.89. The molecule has 0 bridgehead atoms. The lowest BCUT2D eigenvalue weighted by molar-refractivity contribution is -0.836. The van der Waals surface area contributed by atoms with Crippen LogP contribution in [-0.2, 0) is 0 Å². The van der Waals surface area contributed by atoms with Crippen molar-refractivity contribution in [2.24, 2.45) is 0 Å². The van der Waals surface area contributed by atoms with Gasteiger partial charge in [-0.05, 0) is 6.92 Å². The smallest absolute Gasteiger partial charge is 0.0661 e. The standard InChI is InChI=1S/C7H8.C3H9N/c1-7-5-3-2-4-6-7;1-4(2)3/h2-6H,1H3;1-3H3/p+1. The third-order valence-corrected chi connectivity index (χ3v) is 0.940. The fraction of sp³-hybridized carbons (Fsp3) is 0.400. The molecule has 0 heterocycles. The van der Waals surface area contributed by atoms with Crippen molar-refractivity contribution < 1.29 is 4.90 Å². The summed E-state index contributed by atoms with van der Waals surface area (Å²) in [5.74, 6) is 0. The second-order valence-corrected chi connectivity index (χ2v) is 3.15. The Hall–Kier alpha value is -0.820. The Labute approximate surface area is 69.7 Å². The van der Waals surface area contributed by atoms with Crippen molar-refractivity contribution in [3.8, 4) is 0 Å². The van der Waals surface area contributed by atoms with Crippen LogP contribution < -0.4 is 4.90 Å². The highest BCUT2D eigenvalue weighted by Gasteiger charge is 1.72. The number of aryl methyl sites for hydroxylation is 1. The van der Waals surface area contributed by atoms with E-state index in [9.17, 15) is 0 Å². The van der Waals surface area contributed by atoms with Gasteiger partial charge in [-0.1, -0.05) is 35.9 Å². The van der Waals surface area contributed by atoms with Gasteiger partial charge < -0.3 is 4.90 Å². The molecule has 0 fully saturated rings. The van der Waals surface area contributed by atoms with Crippen LogP contribution in [0.25, 0.3) is 0 Å². The van der Waals surface area contributed by atoms with Gasteiger partial charge in [-0.2, -0.15) is 0 Å². The van der Waals surface area contributed by atoms with Gasteiger partial charge in [0, 0.05) is 0 Å². The van der Waals surface area contributed by atoms with Gasteiger partial charge in [0.05, 0.1) is 21.1 Å². The number of rotatable bonds is 0. The third-order valence-electron chi connectivity index (χ3n) is 0.940. The maximum atomic E-state index is 2.08. The van der Waals surface area contributed by atoms with Crippen LogP contribution >= 0.6 is 0 Å². The van der Waals surface area contributed by atoms with Gasteiger partial charge in [-0.3, -0.25) is 0 Å². The fourth-order valence-electron chi connectivity index (χ4n) is 0.534. The molecule has 0 radical (unpaired) electrons. The van der Waals surface area contributed by atoms with Crippen molar-refractivity contribution in [3.05, 3.63) is 35.9 Å². The summed E-state index contributed by atoms with van der Waals surface area (Å²) in [5, 5.41) is 0. The Kier molecular flexibility index (Phi) is 5.49. The molecule has 1 nitrogen and oxygen atoms in total. The molecule has 0 atom stereocenters. The van der Waals surface area contributed by atoms with Crippen LogP contribution in [-0.4, -0.2) is 21.1 Å². The molecule has 62 valence electrons. The summed E-state index contributed by atoms with van der Waals surface area (Å²) in [4.78, 5) is 1.42. The monoisotopic (exact) mass is 152 g/mol. The fourth-order valence-corrected chi connectivity index (χ4v) is 0.534. The second kappa shape index (κ2) is 5.93. The topological polar surface area (TPSA) is 4.44 Å². The van der Waals surface area contributed by atoms with Crippen LogP contribution in [0.3, 0.4) is 0 Å². The third kappa shape index (κ3) is 9.18. The molecule has 1 N–H and O–H groups in total. The largest absolute Gasteiger partial charge is 0.342 e. The van der Waals surface area contributed by atoms with Crippen molar-refractivity contribution in [2.45, 2.75) is 6.92 Å². The number of hydrogen-bond acceptors (Lipinski definition) is 0. The Morgan fingerprint density at radius 2 is 1.27 bits per heavy atom. The highest BCUT2D eigenvalue weighted by molar-refractivity contribution is 5.11. The molecule has 0 spiro atoms. The second-order valence-electron chi connectivity index (χ2n) is 3.15. The van der Waals surface area contributed by atoms with Crippen molar-refractivity contribution in [3.63, 3.8) is 0 Å². The lowest BCUT2D eigenvalue weighted by Crippen LogP contribution is -3.02. The first kappa shape index (κ1) is 10.2. The molecule has 0 unspecified atom stereocenters. The van der Waals surface area contributed by atoms with Crippen LogP contribution in [0.2, 0.25) is 0 Å². The van der Waals surface area contributed by atoms with E-state index in [2.05, 4.69) is 40.2 Å². The Morgan fingerprint density at radius 3 is 1.45 bits per heavy atom. The minimum Gasteiger partial charge on any atom is -0.342 e. The lowest BCUT2D eigenvalue weighted by Gasteiger charge is -1.88. The van der Waals surface area contributed by atoms with E-state index in [1.807, 2.05) is 18.2 Å². The van der Waals surface area contributed by atoms with E-state index in [-0.39, 0.29) is 0 Å². The number of nitrogens with one attached hydrogen (secondary N) is 1. The molecule has 1 rings (SSSR count). The van der Waals surface area contributed by atoms with E-state index in [4.69, 9.17) is 0 Å². The molecule has 0 saturated carbocycles. The first-order chi connectivity index (χ1) is 5.13. The molecule has 1 aromatic rings. The molecule has 0 aliphatic carbocycles. The summed E-state index contributed by atoms with van der Waals surface area (Å²) in [6.07, 6.45) is 0. The highest BCUT2D eigenvalue weighted by atomic mass is 15.0. The van der Waals surface area contributed by atoms with E-state index in [0.717, 1.165) is 0 Å². The maximum Gasteiger partial charge on any atom is 0.0661 e. The van der Waals surface area contributed by atoms with Crippen LogP contribution in [0.15, 0.2) is 30.3 Å². The van der Waals surface area contributed by atoms with Crippen LogP contribution in [0.5, 0.6) is 0 Å². The molecule has 1 aromatic carbocycles. The van der Waals surface area contributed by atoms with Gasteiger partial charge in [0.15, 0.2) is 0 Å². The normalized spacial score (nSPS) is 8.82. The Bertz CT molecular complexity index is 165. The van der Waals surface area contributed by atoms with E-state index in [1.165, 1.54) is 10.5 Å². The molecular formula is C10H18N+. The van der Waals surface area contributed by atoms with Gasteiger partial charge in [-0.15, -0.1) is 0 Å². The van der Waals surface area contributed by atoms with Crippen molar-refractivity contribution in [1.82, 2.24) is 0 Å². The van der Waals surface area contributed by atoms with E-state index < -0.39 is 0 Å². The first-order valence-corrected chi connectivity index (χ1v) is 3.91. The van der Waals surface area contributed by atoms with Crippen LogP contribution in [0.1, 0.15) is 5.56 Å². The van der Waals surface area contributed by atoms with Gasteiger partial charge in [0.25, 0.3) is 0 Å². The zero-order valence-electron chi connectivity index (χ0n) is 7.89. The van der Waals surface area contributed by atoms with E-state index in [0.29, 0.717) is 0 Å². The molecular weight excluding hydrogens is 134 g/mol. The van der Waals surface area contributed by atoms with Crippen molar-refractivity contribution >= 4 is 0 Å². The number of benzene rings is 1. The Balaban J connectivity index is 0.000000218. The van der Waals surface area contributed by atoms with Crippen LogP contribution in [0.4, 0.5) is 0 Å². The lowest BCUT2D eigenvalue weighted by atomic mass is 10.2. The summed E-state index contributed by atoms with van der Waals surface area (Å²) >= 11 is 0. The molecule has 0 aliphatic heterocycles. The average molecular weight is 152 g/mol. The highest BCUT2D eigenvalue weighted by Crippen LogP contribution is 1.92. The zero-order chi connectivity index (χ0) is 8.69. The number of hydrogen-bond donors (Lipinski definition) is 1. The minimum atomic E-state index is 1.32. The Morgan fingerprint density at radius 1 is 0.909 bits per heavy atom. The number of quaternary nitrogens is 1. The van der Waals surface area contributed by atoms with Crippen molar-refractivity contribution in [1.29, 1.82) is 0 Å². The quantitative estimate of drug-likeness (QED) is 0.560. The molecule has 0 saturated heterocycles. The maximum absolute atomic E-state index is 2.08. The van der Waals surface area contributed by atoms with Gasteiger partial charge in [0.1, 0.15) is 0 Å². The molecule has 11 heavy (non-hydrogen) atoms.